The van der Waals surface area contributed by atoms with Crippen LogP contribution in [-0.2, 0) is 19.9 Å². The van der Waals surface area contributed by atoms with Gasteiger partial charge in [-0.2, -0.15) is 0 Å². The summed E-state index contributed by atoms with van der Waals surface area (Å²) in [5.74, 6) is 0. The zero-order valence-electron chi connectivity index (χ0n) is 9.51. The maximum Gasteiger partial charge on any atom is 0.228 e. The van der Waals surface area contributed by atoms with Gasteiger partial charge in [-0.15, -0.1) is 0 Å². The third-order valence-corrected chi connectivity index (χ3v) is 6.67. The average molecular weight is 270 g/mol. The summed E-state index contributed by atoms with van der Waals surface area (Å²) in [7, 11) is -5.31. The summed E-state index contributed by atoms with van der Waals surface area (Å²) < 4.78 is 46.7. The second-order valence-electron chi connectivity index (χ2n) is 4.12. The van der Waals surface area contributed by atoms with Gasteiger partial charge in [0, 0.05) is 25.4 Å². The van der Waals surface area contributed by atoms with Crippen molar-refractivity contribution < 1.29 is 16.8 Å². The summed E-state index contributed by atoms with van der Waals surface area (Å²) in [6.07, 6.45) is 2.38. The first-order chi connectivity index (χ1) is 7.24. The van der Waals surface area contributed by atoms with E-state index in [4.69, 9.17) is 0 Å². The molecule has 0 saturated carbocycles. The van der Waals surface area contributed by atoms with Gasteiger partial charge in [-0.3, -0.25) is 0 Å². The fourth-order valence-corrected chi connectivity index (χ4v) is 5.30. The van der Waals surface area contributed by atoms with Crippen LogP contribution in [0.15, 0.2) is 0 Å². The minimum absolute atomic E-state index is 0.324. The highest BCUT2D eigenvalue weighted by Crippen LogP contribution is 2.15. The minimum Gasteiger partial charge on any atom is -0.317 e. The predicted octanol–water partition coefficient (Wildman–Crippen LogP) is -0.998. The zero-order chi connectivity index (χ0) is 12.4. The van der Waals surface area contributed by atoms with Crippen LogP contribution < -0.4 is 5.32 Å². The first-order valence-electron chi connectivity index (χ1n) is 5.07. The average Bonchev–Trinajstić information content (AvgIpc) is 2.14. The normalized spacial score (nSPS) is 21.1. The molecule has 1 aliphatic heterocycles. The molecule has 16 heavy (non-hydrogen) atoms. The molecule has 96 valence electrons. The van der Waals surface area contributed by atoms with Crippen LogP contribution in [0.3, 0.4) is 0 Å². The molecule has 0 aromatic heterocycles. The third-order valence-electron chi connectivity index (χ3n) is 2.62. The molecule has 0 bridgehead atoms. The lowest BCUT2D eigenvalue weighted by atomic mass is 10.1. The van der Waals surface area contributed by atoms with Crippen molar-refractivity contribution in [2.24, 2.45) is 0 Å². The maximum atomic E-state index is 11.7. The first-order valence-corrected chi connectivity index (χ1v) is 8.74. The monoisotopic (exact) mass is 270 g/mol. The number of nitrogens with zero attached hydrogens (tertiary/aromatic N) is 1. The molecule has 0 aromatic carbocycles. The quantitative estimate of drug-likeness (QED) is 0.708. The number of sulfonamides is 1. The van der Waals surface area contributed by atoms with Crippen LogP contribution in [0.2, 0.25) is 0 Å². The summed E-state index contributed by atoms with van der Waals surface area (Å²) >= 11 is 0. The van der Waals surface area contributed by atoms with Gasteiger partial charge in [-0.05, 0) is 19.9 Å². The molecule has 1 heterocycles. The highest BCUT2D eigenvalue weighted by Gasteiger charge is 2.29. The van der Waals surface area contributed by atoms with Crippen molar-refractivity contribution in [3.8, 4) is 0 Å². The fraction of sp³-hybridized carbons (Fsp3) is 1.00. The van der Waals surface area contributed by atoms with E-state index in [9.17, 15) is 16.8 Å². The molecule has 8 heteroatoms. The number of hydrogen-bond acceptors (Lipinski definition) is 5. The van der Waals surface area contributed by atoms with Crippen LogP contribution in [0.5, 0.6) is 0 Å². The van der Waals surface area contributed by atoms with Crippen LogP contribution in [-0.4, -0.2) is 58.7 Å². The van der Waals surface area contributed by atoms with Gasteiger partial charge in [0.15, 0.2) is 14.9 Å². The van der Waals surface area contributed by atoms with Crippen molar-refractivity contribution in [3.05, 3.63) is 0 Å². The Morgan fingerprint density at radius 1 is 1.19 bits per heavy atom. The van der Waals surface area contributed by atoms with E-state index >= 15 is 0 Å². The van der Waals surface area contributed by atoms with E-state index in [-0.39, 0.29) is 0 Å². The standard InChI is InChI=1S/C8H18N2O4S2/c1-9-8-3-5-10(6-4-8)16(13,14)7-15(2,11)12/h8-9H,3-7H2,1-2H3. The Morgan fingerprint density at radius 3 is 2.06 bits per heavy atom. The Hall–Kier alpha value is -0.180. The van der Waals surface area contributed by atoms with Crippen LogP contribution in [0.1, 0.15) is 12.8 Å². The van der Waals surface area contributed by atoms with Gasteiger partial charge in [0.2, 0.25) is 10.0 Å². The van der Waals surface area contributed by atoms with Crippen molar-refractivity contribution in [2.45, 2.75) is 18.9 Å². The lowest BCUT2D eigenvalue weighted by Gasteiger charge is -2.30. The second-order valence-corrected chi connectivity index (χ2v) is 8.59. The van der Waals surface area contributed by atoms with Crippen molar-refractivity contribution in [3.63, 3.8) is 0 Å². The van der Waals surface area contributed by atoms with Gasteiger partial charge in [-0.1, -0.05) is 0 Å². The zero-order valence-corrected chi connectivity index (χ0v) is 11.1. The molecule has 0 radical (unpaired) electrons. The molecular formula is C8H18N2O4S2. The van der Waals surface area contributed by atoms with E-state index in [0.717, 1.165) is 19.1 Å². The van der Waals surface area contributed by atoms with Crippen LogP contribution in [0.25, 0.3) is 0 Å². The van der Waals surface area contributed by atoms with Crippen molar-refractivity contribution in [1.82, 2.24) is 9.62 Å². The largest absolute Gasteiger partial charge is 0.317 e. The lowest BCUT2D eigenvalue weighted by molar-refractivity contribution is 0.299. The van der Waals surface area contributed by atoms with E-state index in [1.165, 1.54) is 4.31 Å². The van der Waals surface area contributed by atoms with Gasteiger partial charge in [0.1, 0.15) is 0 Å². The molecule has 0 aromatic rings. The maximum absolute atomic E-state index is 11.7. The molecule has 0 aliphatic carbocycles. The number of sulfone groups is 1. The van der Waals surface area contributed by atoms with Crippen LogP contribution in [0, 0.1) is 0 Å². The van der Waals surface area contributed by atoms with Gasteiger partial charge in [0.25, 0.3) is 0 Å². The van der Waals surface area contributed by atoms with Gasteiger partial charge < -0.3 is 5.32 Å². The first kappa shape index (κ1) is 13.9. The Labute approximate surface area is 97.0 Å². The molecule has 1 saturated heterocycles. The lowest BCUT2D eigenvalue weighted by Crippen LogP contribution is -2.45. The van der Waals surface area contributed by atoms with E-state index < -0.39 is 24.9 Å². The summed E-state index contributed by atoms with van der Waals surface area (Å²) in [4.78, 5) is 0. The van der Waals surface area contributed by atoms with Crippen molar-refractivity contribution >= 4 is 19.9 Å². The van der Waals surface area contributed by atoms with Crippen molar-refractivity contribution in [1.29, 1.82) is 0 Å². The van der Waals surface area contributed by atoms with Crippen LogP contribution in [0.4, 0.5) is 0 Å². The van der Waals surface area contributed by atoms with E-state index in [2.05, 4.69) is 5.32 Å². The van der Waals surface area contributed by atoms with E-state index in [1.807, 2.05) is 7.05 Å². The molecule has 1 aliphatic rings. The molecule has 0 spiro atoms. The van der Waals surface area contributed by atoms with E-state index in [1.54, 1.807) is 0 Å². The second kappa shape index (κ2) is 4.99. The molecular weight excluding hydrogens is 252 g/mol. The van der Waals surface area contributed by atoms with Gasteiger partial charge in [0.05, 0.1) is 0 Å². The van der Waals surface area contributed by atoms with Crippen LogP contribution >= 0.6 is 0 Å². The summed E-state index contributed by atoms with van der Waals surface area (Å²) in [6.45, 7) is 0.784. The molecule has 0 atom stereocenters. The molecule has 1 fully saturated rings. The Morgan fingerprint density at radius 2 is 1.69 bits per heavy atom. The third kappa shape index (κ3) is 4.00. The Balaban J connectivity index is 2.66. The summed E-state index contributed by atoms with van der Waals surface area (Å²) in [6, 6.07) is 0.324. The Bertz CT molecular complexity index is 421. The van der Waals surface area contributed by atoms with Gasteiger partial charge in [-0.25, -0.2) is 21.1 Å². The molecule has 0 unspecified atom stereocenters. The van der Waals surface area contributed by atoms with Gasteiger partial charge >= 0.3 is 0 Å². The highest BCUT2D eigenvalue weighted by molar-refractivity contribution is 8.06. The number of piperidine rings is 1. The summed E-state index contributed by atoms with van der Waals surface area (Å²) in [5.41, 5.74) is 0. The molecule has 6 nitrogen and oxygen atoms in total. The van der Waals surface area contributed by atoms with Crippen molar-refractivity contribution in [2.75, 3.05) is 31.5 Å². The smallest absolute Gasteiger partial charge is 0.228 e. The minimum atomic E-state index is -3.66. The van der Waals surface area contributed by atoms with E-state index in [0.29, 0.717) is 19.1 Å². The predicted molar refractivity (Wildman–Crippen MR) is 62.3 cm³/mol. The Kier molecular flexibility index (Phi) is 4.33. The molecule has 1 rings (SSSR count). The number of hydrogen-bond donors (Lipinski definition) is 1. The molecule has 1 N–H and O–H groups in total. The fourth-order valence-electron chi connectivity index (χ4n) is 1.77. The SMILES string of the molecule is CNC1CCN(S(=O)(=O)CS(C)(=O)=O)CC1. The number of nitrogens with one attached hydrogen (secondary N) is 1. The number of rotatable bonds is 4. The summed E-state index contributed by atoms with van der Waals surface area (Å²) in [5, 5.41) is 2.30. The highest BCUT2D eigenvalue weighted by atomic mass is 32.3. The topological polar surface area (TPSA) is 83.6 Å². The molecule has 0 amide bonds.